The first kappa shape index (κ1) is 15.1. The molecule has 1 rings (SSSR count). The Morgan fingerprint density at radius 3 is 2.61 bits per heavy atom. The van der Waals surface area contributed by atoms with Crippen LogP contribution in [0.5, 0.6) is 0 Å². The molecule has 4 heteroatoms. The lowest BCUT2D eigenvalue weighted by Crippen LogP contribution is -2.39. The van der Waals surface area contributed by atoms with Gasteiger partial charge in [-0.15, -0.1) is 0 Å². The summed E-state index contributed by atoms with van der Waals surface area (Å²) in [4.78, 5) is 2.04. The summed E-state index contributed by atoms with van der Waals surface area (Å²) in [5, 5.41) is 0. The molecule has 18 heavy (non-hydrogen) atoms. The van der Waals surface area contributed by atoms with Crippen molar-refractivity contribution in [2.24, 2.45) is 5.73 Å². The third-order valence-electron chi connectivity index (χ3n) is 2.99. The highest BCUT2D eigenvalue weighted by Crippen LogP contribution is 2.24. The van der Waals surface area contributed by atoms with Crippen molar-refractivity contribution in [1.82, 2.24) is 4.90 Å². The normalized spacial score (nSPS) is 14.8. The van der Waals surface area contributed by atoms with Gasteiger partial charge >= 0.3 is 0 Å². The first-order valence-corrected chi connectivity index (χ1v) is 6.36. The molecular weight excluding hydrogens is 231 g/mol. The van der Waals surface area contributed by atoms with E-state index in [-0.39, 0.29) is 17.9 Å². The van der Waals surface area contributed by atoms with E-state index in [9.17, 15) is 4.39 Å². The van der Waals surface area contributed by atoms with E-state index >= 15 is 0 Å². The predicted octanol–water partition coefficient (Wildman–Crippen LogP) is 2.18. The van der Waals surface area contributed by atoms with Crippen molar-refractivity contribution < 1.29 is 9.13 Å². The van der Waals surface area contributed by atoms with Crippen molar-refractivity contribution in [2.75, 3.05) is 26.8 Å². The number of hydrogen-bond donors (Lipinski definition) is 1. The number of hydrogen-bond acceptors (Lipinski definition) is 3. The summed E-state index contributed by atoms with van der Waals surface area (Å²) in [7, 11) is 1.94. The zero-order chi connectivity index (χ0) is 13.5. The largest absolute Gasteiger partial charge is 0.380 e. The van der Waals surface area contributed by atoms with Gasteiger partial charge in [-0.05, 0) is 27.0 Å². The van der Waals surface area contributed by atoms with Crippen LogP contribution in [-0.2, 0) is 4.74 Å². The molecule has 102 valence electrons. The Bertz CT molecular complexity index is 357. The summed E-state index contributed by atoms with van der Waals surface area (Å²) in [6.45, 7) is 5.91. The molecule has 0 saturated carbocycles. The molecule has 0 aliphatic heterocycles. The van der Waals surface area contributed by atoms with Gasteiger partial charge in [0.2, 0.25) is 0 Å². The predicted molar refractivity (Wildman–Crippen MR) is 71.9 cm³/mol. The van der Waals surface area contributed by atoms with Gasteiger partial charge in [0, 0.05) is 24.8 Å². The minimum atomic E-state index is -0.206. The number of rotatable bonds is 7. The Balaban J connectivity index is 2.79. The number of nitrogens with two attached hydrogens (primary N) is 1. The van der Waals surface area contributed by atoms with E-state index in [4.69, 9.17) is 10.5 Å². The second-order valence-corrected chi connectivity index (χ2v) is 4.50. The van der Waals surface area contributed by atoms with E-state index in [0.717, 1.165) is 6.54 Å². The number of likely N-dealkylation sites (N-methyl/N-ethyl adjacent to an activating group) is 1. The fourth-order valence-electron chi connectivity index (χ4n) is 2.13. The number of nitrogens with zero attached hydrogens (tertiary/aromatic N) is 1. The lowest BCUT2D eigenvalue weighted by molar-refractivity contribution is 0.101. The van der Waals surface area contributed by atoms with Crippen LogP contribution >= 0.6 is 0 Å². The molecule has 0 heterocycles. The molecule has 1 aromatic rings. The summed E-state index contributed by atoms with van der Waals surface area (Å²) in [6.07, 6.45) is 0. The number of benzene rings is 1. The Morgan fingerprint density at radius 1 is 1.39 bits per heavy atom. The molecule has 0 radical (unpaired) electrons. The molecule has 2 N–H and O–H groups in total. The van der Waals surface area contributed by atoms with Crippen molar-refractivity contribution in [2.45, 2.75) is 25.9 Å². The van der Waals surface area contributed by atoms with E-state index in [1.54, 1.807) is 12.1 Å². The summed E-state index contributed by atoms with van der Waals surface area (Å²) < 4.78 is 19.2. The molecule has 0 aromatic heterocycles. The van der Waals surface area contributed by atoms with E-state index < -0.39 is 0 Å². The minimum absolute atomic E-state index is 0.133. The Hall–Kier alpha value is -0.970. The molecule has 0 saturated heterocycles. The molecule has 0 spiro atoms. The zero-order valence-electron chi connectivity index (χ0n) is 11.4. The number of ether oxygens (including phenoxy) is 1. The summed E-state index contributed by atoms with van der Waals surface area (Å²) in [5.41, 5.74) is 6.64. The molecule has 2 atom stereocenters. The van der Waals surface area contributed by atoms with Crippen LogP contribution < -0.4 is 5.73 Å². The highest BCUT2D eigenvalue weighted by atomic mass is 19.1. The molecule has 2 unspecified atom stereocenters. The fourth-order valence-corrected chi connectivity index (χ4v) is 2.13. The first-order valence-electron chi connectivity index (χ1n) is 6.36. The van der Waals surface area contributed by atoms with Crippen LogP contribution in [0.4, 0.5) is 4.39 Å². The van der Waals surface area contributed by atoms with Crippen LogP contribution in [0, 0.1) is 5.82 Å². The monoisotopic (exact) mass is 254 g/mol. The van der Waals surface area contributed by atoms with Crippen LogP contribution in [0.25, 0.3) is 0 Å². The maximum absolute atomic E-state index is 13.8. The van der Waals surface area contributed by atoms with Crippen molar-refractivity contribution in [1.29, 1.82) is 0 Å². The second kappa shape index (κ2) is 7.46. The smallest absolute Gasteiger partial charge is 0.128 e. The lowest BCUT2D eigenvalue weighted by atomic mass is 9.99. The molecule has 0 bridgehead atoms. The lowest BCUT2D eigenvalue weighted by Gasteiger charge is -2.31. The standard InChI is InChI=1S/C14H23FN2O/c1-4-18-10-9-17(3)14(11(2)16)12-7-5-6-8-13(12)15/h5-8,11,14H,4,9-10,16H2,1-3H3. The van der Waals surface area contributed by atoms with Crippen LogP contribution in [0.3, 0.4) is 0 Å². The Labute approximate surface area is 109 Å². The van der Waals surface area contributed by atoms with E-state index in [1.807, 2.05) is 31.9 Å². The molecule has 1 aromatic carbocycles. The van der Waals surface area contributed by atoms with Gasteiger partial charge in [0.05, 0.1) is 12.6 Å². The van der Waals surface area contributed by atoms with Crippen molar-refractivity contribution in [3.8, 4) is 0 Å². The molecular formula is C14H23FN2O. The van der Waals surface area contributed by atoms with Crippen molar-refractivity contribution >= 4 is 0 Å². The molecule has 3 nitrogen and oxygen atoms in total. The number of halogens is 1. The van der Waals surface area contributed by atoms with Gasteiger partial charge in [0.1, 0.15) is 5.82 Å². The van der Waals surface area contributed by atoms with E-state index in [2.05, 4.69) is 0 Å². The molecule has 0 aliphatic rings. The van der Waals surface area contributed by atoms with Crippen LogP contribution in [-0.4, -0.2) is 37.7 Å². The van der Waals surface area contributed by atoms with Gasteiger partial charge in [0.25, 0.3) is 0 Å². The SMILES string of the molecule is CCOCCN(C)C(c1ccccc1F)C(C)N. The topological polar surface area (TPSA) is 38.5 Å². The summed E-state index contributed by atoms with van der Waals surface area (Å²) >= 11 is 0. The van der Waals surface area contributed by atoms with E-state index in [0.29, 0.717) is 18.8 Å². The van der Waals surface area contributed by atoms with Gasteiger partial charge in [-0.3, -0.25) is 4.90 Å². The minimum Gasteiger partial charge on any atom is -0.380 e. The Morgan fingerprint density at radius 2 is 2.06 bits per heavy atom. The van der Waals surface area contributed by atoms with Crippen LogP contribution in [0.2, 0.25) is 0 Å². The van der Waals surface area contributed by atoms with Crippen LogP contribution in [0.15, 0.2) is 24.3 Å². The third kappa shape index (κ3) is 4.05. The highest BCUT2D eigenvalue weighted by Gasteiger charge is 2.23. The van der Waals surface area contributed by atoms with Crippen LogP contribution in [0.1, 0.15) is 25.5 Å². The van der Waals surface area contributed by atoms with Gasteiger partial charge in [-0.2, -0.15) is 0 Å². The van der Waals surface area contributed by atoms with Gasteiger partial charge in [0.15, 0.2) is 0 Å². The Kier molecular flexibility index (Phi) is 6.25. The van der Waals surface area contributed by atoms with Gasteiger partial charge in [-0.1, -0.05) is 18.2 Å². The molecule has 0 fully saturated rings. The quantitative estimate of drug-likeness (QED) is 0.758. The maximum Gasteiger partial charge on any atom is 0.128 e. The highest BCUT2D eigenvalue weighted by molar-refractivity contribution is 5.22. The second-order valence-electron chi connectivity index (χ2n) is 4.50. The third-order valence-corrected chi connectivity index (χ3v) is 2.99. The van der Waals surface area contributed by atoms with Crippen molar-refractivity contribution in [3.63, 3.8) is 0 Å². The van der Waals surface area contributed by atoms with E-state index in [1.165, 1.54) is 6.07 Å². The average Bonchev–Trinajstić information content (AvgIpc) is 2.32. The fraction of sp³-hybridized carbons (Fsp3) is 0.571. The molecule has 0 amide bonds. The summed E-state index contributed by atoms with van der Waals surface area (Å²) in [5.74, 6) is -0.206. The van der Waals surface area contributed by atoms with Crippen molar-refractivity contribution in [3.05, 3.63) is 35.6 Å². The molecule has 0 aliphatic carbocycles. The average molecular weight is 254 g/mol. The maximum atomic E-state index is 13.8. The summed E-state index contributed by atoms with van der Waals surface area (Å²) in [6, 6.07) is 6.52. The van der Waals surface area contributed by atoms with Gasteiger partial charge < -0.3 is 10.5 Å². The zero-order valence-corrected chi connectivity index (χ0v) is 11.4. The van der Waals surface area contributed by atoms with Gasteiger partial charge in [-0.25, -0.2) is 4.39 Å². The first-order chi connectivity index (χ1) is 8.57.